The summed E-state index contributed by atoms with van der Waals surface area (Å²) in [6, 6.07) is 8.18. The maximum Gasteiger partial charge on any atom is 0.0607 e. The van der Waals surface area contributed by atoms with Crippen molar-refractivity contribution in [2.24, 2.45) is 0 Å². The van der Waals surface area contributed by atoms with Crippen LogP contribution in [-0.4, -0.2) is 29.5 Å². The van der Waals surface area contributed by atoms with Gasteiger partial charge >= 0.3 is 0 Å². The lowest BCUT2D eigenvalue weighted by Gasteiger charge is -2.19. The van der Waals surface area contributed by atoms with Crippen LogP contribution in [0.5, 0.6) is 0 Å². The van der Waals surface area contributed by atoms with Gasteiger partial charge in [0.2, 0.25) is 0 Å². The Morgan fingerprint density at radius 1 is 1.06 bits per heavy atom. The standard InChI is InChI=1S/C14H23NO2/c1-14(2,3)12-6-4-11(5-7-12)8-15-13(9-16)10-17/h4-7,13,15-17H,8-10H2,1-3H3. The van der Waals surface area contributed by atoms with Crippen LogP contribution in [0.3, 0.4) is 0 Å². The number of aliphatic hydroxyl groups is 2. The molecule has 3 nitrogen and oxygen atoms in total. The summed E-state index contributed by atoms with van der Waals surface area (Å²) in [5.74, 6) is 0. The summed E-state index contributed by atoms with van der Waals surface area (Å²) in [5.41, 5.74) is 2.64. The molecule has 0 aliphatic carbocycles. The van der Waals surface area contributed by atoms with E-state index >= 15 is 0 Å². The number of benzene rings is 1. The summed E-state index contributed by atoms with van der Waals surface area (Å²) in [7, 11) is 0. The van der Waals surface area contributed by atoms with Gasteiger partial charge in [-0.05, 0) is 16.5 Å². The van der Waals surface area contributed by atoms with Crippen LogP contribution in [0.4, 0.5) is 0 Å². The molecular weight excluding hydrogens is 214 g/mol. The lowest BCUT2D eigenvalue weighted by molar-refractivity contribution is 0.170. The first-order valence-electron chi connectivity index (χ1n) is 6.02. The van der Waals surface area contributed by atoms with Gasteiger partial charge in [0.05, 0.1) is 19.3 Å². The molecular formula is C14H23NO2. The van der Waals surface area contributed by atoms with Gasteiger partial charge in [0.15, 0.2) is 0 Å². The van der Waals surface area contributed by atoms with Gasteiger partial charge in [-0.15, -0.1) is 0 Å². The van der Waals surface area contributed by atoms with Gasteiger partial charge in [-0.3, -0.25) is 0 Å². The Morgan fingerprint density at radius 2 is 1.59 bits per heavy atom. The molecule has 17 heavy (non-hydrogen) atoms. The fourth-order valence-electron chi connectivity index (χ4n) is 1.57. The third-order valence-electron chi connectivity index (χ3n) is 2.86. The zero-order valence-electron chi connectivity index (χ0n) is 10.9. The Hall–Kier alpha value is -0.900. The second kappa shape index (κ2) is 6.15. The molecule has 0 aliphatic heterocycles. The quantitative estimate of drug-likeness (QED) is 0.726. The Morgan fingerprint density at radius 3 is 2.00 bits per heavy atom. The molecule has 1 rings (SSSR count). The van der Waals surface area contributed by atoms with Gasteiger partial charge in [-0.2, -0.15) is 0 Å². The Bertz CT molecular complexity index is 323. The van der Waals surface area contributed by atoms with Crippen LogP contribution >= 0.6 is 0 Å². The monoisotopic (exact) mass is 237 g/mol. The Balaban J connectivity index is 2.57. The second-order valence-corrected chi connectivity index (χ2v) is 5.39. The molecule has 0 bridgehead atoms. The normalized spacial score (nSPS) is 12.1. The topological polar surface area (TPSA) is 52.5 Å². The number of nitrogens with one attached hydrogen (secondary N) is 1. The van der Waals surface area contributed by atoms with Gasteiger partial charge in [0.1, 0.15) is 0 Å². The number of hydrogen-bond acceptors (Lipinski definition) is 3. The van der Waals surface area contributed by atoms with Crippen molar-refractivity contribution >= 4 is 0 Å². The highest BCUT2D eigenvalue weighted by atomic mass is 16.3. The highest BCUT2D eigenvalue weighted by Gasteiger charge is 2.12. The second-order valence-electron chi connectivity index (χ2n) is 5.39. The van der Waals surface area contributed by atoms with Crippen LogP contribution < -0.4 is 5.32 Å². The third kappa shape index (κ3) is 4.46. The molecule has 0 aromatic heterocycles. The van der Waals surface area contributed by atoms with Crippen molar-refractivity contribution in [2.45, 2.75) is 38.8 Å². The van der Waals surface area contributed by atoms with E-state index < -0.39 is 0 Å². The molecule has 1 aromatic rings. The van der Waals surface area contributed by atoms with Crippen LogP contribution in [-0.2, 0) is 12.0 Å². The third-order valence-corrected chi connectivity index (χ3v) is 2.86. The smallest absolute Gasteiger partial charge is 0.0607 e. The predicted molar refractivity (Wildman–Crippen MR) is 69.9 cm³/mol. The minimum atomic E-state index is -0.239. The van der Waals surface area contributed by atoms with E-state index in [1.807, 2.05) is 0 Å². The predicted octanol–water partition coefficient (Wildman–Crippen LogP) is 1.43. The molecule has 1 aromatic carbocycles. The lowest BCUT2D eigenvalue weighted by atomic mass is 9.87. The van der Waals surface area contributed by atoms with Crippen molar-refractivity contribution in [3.05, 3.63) is 35.4 Å². The summed E-state index contributed by atoms with van der Waals surface area (Å²) in [4.78, 5) is 0. The highest BCUT2D eigenvalue weighted by Crippen LogP contribution is 2.22. The van der Waals surface area contributed by atoms with E-state index in [-0.39, 0.29) is 24.7 Å². The van der Waals surface area contributed by atoms with Gasteiger partial charge < -0.3 is 15.5 Å². The van der Waals surface area contributed by atoms with Crippen molar-refractivity contribution in [2.75, 3.05) is 13.2 Å². The number of rotatable bonds is 5. The summed E-state index contributed by atoms with van der Waals surface area (Å²) >= 11 is 0. The van der Waals surface area contributed by atoms with Crippen molar-refractivity contribution in [3.8, 4) is 0 Å². The Labute approximate surface area is 103 Å². The van der Waals surface area contributed by atoms with Crippen LogP contribution in [0.25, 0.3) is 0 Å². The molecule has 96 valence electrons. The first-order chi connectivity index (χ1) is 7.97. The van der Waals surface area contributed by atoms with Crippen molar-refractivity contribution in [3.63, 3.8) is 0 Å². The van der Waals surface area contributed by atoms with Gasteiger partial charge in [-0.1, -0.05) is 45.0 Å². The largest absolute Gasteiger partial charge is 0.395 e. The molecule has 3 heteroatoms. The molecule has 0 amide bonds. The van der Waals surface area contributed by atoms with E-state index in [9.17, 15) is 0 Å². The summed E-state index contributed by atoms with van der Waals surface area (Å²) in [5, 5.41) is 21.0. The summed E-state index contributed by atoms with van der Waals surface area (Å²) in [6.45, 7) is 7.14. The SMILES string of the molecule is CC(C)(C)c1ccc(CNC(CO)CO)cc1. The molecule has 0 aliphatic rings. The fourth-order valence-corrected chi connectivity index (χ4v) is 1.57. The minimum Gasteiger partial charge on any atom is -0.395 e. The molecule has 0 radical (unpaired) electrons. The van der Waals surface area contributed by atoms with Crippen LogP contribution in [0.2, 0.25) is 0 Å². The van der Waals surface area contributed by atoms with Crippen LogP contribution in [0, 0.1) is 0 Å². The molecule has 0 atom stereocenters. The zero-order valence-corrected chi connectivity index (χ0v) is 10.9. The maximum absolute atomic E-state index is 8.93. The van der Waals surface area contributed by atoms with Gasteiger partial charge in [0.25, 0.3) is 0 Å². The van der Waals surface area contributed by atoms with Crippen molar-refractivity contribution in [1.82, 2.24) is 5.32 Å². The highest BCUT2D eigenvalue weighted by molar-refractivity contribution is 5.27. The first-order valence-corrected chi connectivity index (χ1v) is 6.02. The molecule has 0 heterocycles. The van der Waals surface area contributed by atoms with Crippen LogP contribution in [0.1, 0.15) is 31.9 Å². The van der Waals surface area contributed by atoms with E-state index in [1.165, 1.54) is 5.56 Å². The number of hydrogen-bond donors (Lipinski definition) is 3. The van der Waals surface area contributed by atoms with E-state index in [0.29, 0.717) is 6.54 Å². The summed E-state index contributed by atoms with van der Waals surface area (Å²) in [6.07, 6.45) is 0. The van der Waals surface area contributed by atoms with E-state index in [1.54, 1.807) is 0 Å². The average Bonchev–Trinajstić information content (AvgIpc) is 2.30. The van der Waals surface area contributed by atoms with Crippen LogP contribution in [0.15, 0.2) is 24.3 Å². The van der Waals surface area contributed by atoms with Gasteiger partial charge in [0, 0.05) is 6.54 Å². The van der Waals surface area contributed by atoms with Crippen molar-refractivity contribution in [1.29, 1.82) is 0 Å². The average molecular weight is 237 g/mol. The van der Waals surface area contributed by atoms with E-state index in [2.05, 4.69) is 50.4 Å². The molecule has 0 saturated heterocycles. The van der Waals surface area contributed by atoms with E-state index in [0.717, 1.165) is 5.56 Å². The van der Waals surface area contributed by atoms with E-state index in [4.69, 9.17) is 10.2 Å². The molecule has 0 unspecified atom stereocenters. The van der Waals surface area contributed by atoms with Gasteiger partial charge in [-0.25, -0.2) is 0 Å². The summed E-state index contributed by atoms with van der Waals surface area (Å²) < 4.78 is 0. The van der Waals surface area contributed by atoms with Crippen molar-refractivity contribution < 1.29 is 10.2 Å². The molecule has 0 fully saturated rings. The molecule has 3 N–H and O–H groups in total. The molecule has 0 saturated carbocycles. The fraction of sp³-hybridized carbons (Fsp3) is 0.571. The maximum atomic E-state index is 8.93. The first kappa shape index (κ1) is 14.2. The molecule has 0 spiro atoms. The Kier molecular flexibility index (Phi) is 5.12. The minimum absolute atomic E-state index is 0.0451. The lowest BCUT2D eigenvalue weighted by Crippen LogP contribution is -2.35. The zero-order chi connectivity index (χ0) is 12.9. The number of aliphatic hydroxyl groups excluding tert-OH is 2.